The number of aromatic nitrogens is 1. The third-order valence-corrected chi connectivity index (χ3v) is 5.95. The van der Waals surface area contributed by atoms with Gasteiger partial charge in [-0.2, -0.15) is 0 Å². The van der Waals surface area contributed by atoms with Gasteiger partial charge in [0.25, 0.3) is 11.8 Å². The Kier molecular flexibility index (Phi) is 9.58. The van der Waals surface area contributed by atoms with Gasteiger partial charge in [-0.05, 0) is 28.8 Å². The highest BCUT2D eigenvalue weighted by atomic mass is 35.5. The lowest BCUT2D eigenvalue weighted by Crippen LogP contribution is -2.28. The third kappa shape index (κ3) is 7.38. The molecule has 200 valence electrons. The minimum Gasteiger partial charge on any atom is -0.486 e. The van der Waals surface area contributed by atoms with Crippen molar-refractivity contribution in [1.82, 2.24) is 15.8 Å². The molecule has 3 aromatic carbocycles. The van der Waals surface area contributed by atoms with Crippen molar-refractivity contribution in [3.63, 3.8) is 0 Å². The normalized spacial score (nSPS) is 10.6. The van der Waals surface area contributed by atoms with E-state index in [-0.39, 0.29) is 47.4 Å². The molecule has 2 amide bonds. The lowest BCUT2D eigenvalue weighted by molar-refractivity contribution is 0.0226. The van der Waals surface area contributed by atoms with Gasteiger partial charge in [0.2, 0.25) is 0 Å². The van der Waals surface area contributed by atoms with Crippen molar-refractivity contribution in [2.75, 3.05) is 0 Å². The number of hydroxylamine groups is 1. The number of nitrogens with one attached hydrogen (secondary N) is 2. The first kappa shape index (κ1) is 27.7. The molecule has 1 aromatic heterocycles. The fraction of sp³-hybridized carbons (Fsp3) is 0.138. The first-order valence-corrected chi connectivity index (χ1v) is 12.3. The zero-order valence-electron chi connectivity index (χ0n) is 20.7. The Hall–Kier alpha value is -4.31. The van der Waals surface area contributed by atoms with Crippen molar-refractivity contribution in [3.8, 4) is 5.75 Å². The summed E-state index contributed by atoms with van der Waals surface area (Å²) in [5.41, 5.74) is 4.47. The number of rotatable bonds is 11. The van der Waals surface area contributed by atoms with Crippen LogP contribution in [0.5, 0.6) is 5.75 Å². The first-order valence-electron chi connectivity index (χ1n) is 11.9. The zero-order chi connectivity index (χ0) is 27.6. The number of aliphatic hydroxyl groups is 1. The predicted molar refractivity (Wildman–Crippen MR) is 142 cm³/mol. The van der Waals surface area contributed by atoms with E-state index in [2.05, 4.69) is 15.8 Å². The quantitative estimate of drug-likeness (QED) is 0.233. The number of nitrogens with zero attached hydrogens (tertiary/aromatic N) is 1. The molecule has 0 unspecified atom stereocenters. The maximum Gasteiger partial charge on any atom is 0.297 e. The van der Waals surface area contributed by atoms with E-state index in [9.17, 15) is 19.1 Å². The van der Waals surface area contributed by atoms with Crippen molar-refractivity contribution in [2.45, 2.75) is 26.4 Å². The molecule has 8 nitrogen and oxygen atoms in total. The maximum absolute atomic E-state index is 13.5. The summed E-state index contributed by atoms with van der Waals surface area (Å²) < 4.78 is 19.4. The Morgan fingerprint density at radius 3 is 2.21 bits per heavy atom. The van der Waals surface area contributed by atoms with Gasteiger partial charge in [0, 0.05) is 18.3 Å². The molecule has 39 heavy (non-hydrogen) atoms. The van der Waals surface area contributed by atoms with Crippen molar-refractivity contribution in [2.24, 2.45) is 0 Å². The van der Waals surface area contributed by atoms with E-state index >= 15 is 0 Å². The van der Waals surface area contributed by atoms with Gasteiger partial charge in [-0.1, -0.05) is 78.3 Å². The summed E-state index contributed by atoms with van der Waals surface area (Å²) >= 11 is 5.82. The van der Waals surface area contributed by atoms with Crippen molar-refractivity contribution in [1.29, 1.82) is 0 Å². The highest BCUT2D eigenvalue weighted by Gasteiger charge is 2.24. The summed E-state index contributed by atoms with van der Waals surface area (Å²) in [5.74, 6) is -1.92. The molecular formula is C29H25ClFN3O5. The SMILES string of the molecule is O=C(NCc1ccc(F)c(Cl)c1)c1cnc(C(=O)NOCc2ccccc2)c(OCc2ccccc2)c1CO. The van der Waals surface area contributed by atoms with Crippen LogP contribution in [0, 0.1) is 5.82 Å². The van der Waals surface area contributed by atoms with Crippen LogP contribution in [0.3, 0.4) is 0 Å². The smallest absolute Gasteiger partial charge is 0.297 e. The molecule has 4 rings (SSSR count). The van der Waals surface area contributed by atoms with Crippen molar-refractivity contribution >= 4 is 23.4 Å². The molecule has 0 radical (unpaired) electrons. The van der Waals surface area contributed by atoms with Crippen LogP contribution >= 0.6 is 11.6 Å². The molecule has 0 bridgehead atoms. The molecule has 1 heterocycles. The summed E-state index contributed by atoms with van der Waals surface area (Å²) in [6.45, 7) is -0.393. The van der Waals surface area contributed by atoms with Gasteiger partial charge in [-0.3, -0.25) is 14.4 Å². The Morgan fingerprint density at radius 1 is 0.897 bits per heavy atom. The van der Waals surface area contributed by atoms with Crippen LogP contribution in [0.1, 0.15) is 43.1 Å². The molecule has 0 spiro atoms. The number of hydrogen-bond donors (Lipinski definition) is 3. The summed E-state index contributed by atoms with van der Waals surface area (Å²) in [6, 6.07) is 22.5. The number of benzene rings is 3. The number of aliphatic hydroxyl groups excluding tert-OH is 1. The molecular weight excluding hydrogens is 525 g/mol. The highest BCUT2D eigenvalue weighted by molar-refractivity contribution is 6.30. The van der Waals surface area contributed by atoms with E-state index in [4.69, 9.17) is 21.2 Å². The third-order valence-electron chi connectivity index (χ3n) is 5.66. The Morgan fingerprint density at radius 2 is 1.56 bits per heavy atom. The van der Waals surface area contributed by atoms with E-state index < -0.39 is 24.2 Å². The number of hydrogen-bond acceptors (Lipinski definition) is 6. The molecule has 0 aliphatic rings. The van der Waals surface area contributed by atoms with Gasteiger partial charge in [-0.15, -0.1) is 0 Å². The Bertz CT molecular complexity index is 1440. The summed E-state index contributed by atoms with van der Waals surface area (Å²) in [5, 5.41) is 12.8. The predicted octanol–water partition coefficient (Wildman–Crippen LogP) is 4.74. The van der Waals surface area contributed by atoms with Crippen LogP contribution in [0.15, 0.2) is 85.1 Å². The molecule has 0 aliphatic carbocycles. The Balaban J connectivity index is 1.56. The monoisotopic (exact) mass is 549 g/mol. The molecule has 0 fully saturated rings. The lowest BCUT2D eigenvalue weighted by Gasteiger charge is -2.17. The van der Waals surface area contributed by atoms with Crippen molar-refractivity contribution < 1.29 is 28.7 Å². The molecule has 0 aliphatic heterocycles. The second kappa shape index (κ2) is 13.5. The van der Waals surface area contributed by atoms with Gasteiger partial charge < -0.3 is 15.2 Å². The number of carbonyl (C=O) groups is 2. The number of amides is 2. The van der Waals surface area contributed by atoms with Crippen LogP contribution in [0.4, 0.5) is 4.39 Å². The fourth-order valence-corrected chi connectivity index (χ4v) is 3.87. The van der Waals surface area contributed by atoms with Gasteiger partial charge in [0.1, 0.15) is 12.4 Å². The van der Waals surface area contributed by atoms with E-state index in [0.717, 1.165) is 11.1 Å². The van der Waals surface area contributed by atoms with Crippen LogP contribution in [0.2, 0.25) is 5.02 Å². The van der Waals surface area contributed by atoms with Gasteiger partial charge in [0.05, 0.1) is 23.8 Å². The maximum atomic E-state index is 13.5. The summed E-state index contributed by atoms with van der Waals surface area (Å²) in [4.78, 5) is 35.5. The van der Waals surface area contributed by atoms with E-state index in [1.54, 1.807) is 0 Å². The van der Waals surface area contributed by atoms with Gasteiger partial charge >= 0.3 is 0 Å². The number of carbonyl (C=O) groups excluding carboxylic acids is 2. The molecule has 10 heteroatoms. The minimum absolute atomic E-state index is 0.00974. The van der Waals surface area contributed by atoms with Crippen LogP contribution in [-0.4, -0.2) is 21.9 Å². The average Bonchev–Trinajstić information content (AvgIpc) is 2.97. The van der Waals surface area contributed by atoms with Crippen LogP contribution in [0.25, 0.3) is 0 Å². The van der Waals surface area contributed by atoms with Crippen LogP contribution in [-0.2, 0) is 31.2 Å². The first-order chi connectivity index (χ1) is 19.0. The van der Waals surface area contributed by atoms with E-state index in [1.807, 2.05) is 60.7 Å². The second-order valence-electron chi connectivity index (χ2n) is 8.40. The summed E-state index contributed by atoms with van der Waals surface area (Å²) in [6.07, 6.45) is 1.18. The summed E-state index contributed by atoms with van der Waals surface area (Å²) in [7, 11) is 0. The number of halogens is 2. The zero-order valence-corrected chi connectivity index (χ0v) is 21.5. The van der Waals surface area contributed by atoms with Gasteiger partial charge in [0.15, 0.2) is 11.4 Å². The lowest BCUT2D eigenvalue weighted by atomic mass is 10.1. The van der Waals surface area contributed by atoms with Gasteiger partial charge in [-0.25, -0.2) is 14.9 Å². The van der Waals surface area contributed by atoms with E-state index in [1.165, 1.54) is 24.4 Å². The minimum atomic E-state index is -0.711. The second-order valence-corrected chi connectivity index (χ2v) is 8.80. The highest BCUT2D eigenvalue weighted by Crippen LogP contribution is 2.28. The largest absolute Gasteiger partial charge is 0.486 e. The number of ether oxygens (including phenoxy) is 1. The number of pyridine rings is 1. The van der Waals surface area contributed by atoms with Crippen molar-refractivity contribution in [3.05, 3.63) is 129 Å². The topological polar surface area (TPSA) is 110 Å². The molecule has 4 aromatic rings. The van der Waals surface area contributed by atoms with Crippen LogP contribution < -0.4 is 15.5 Å². The molecule has 0 saturated carbocycles. The van der Waals surface area contributed by atoms with E-state index in [0.29, 0.717) is 5.56 Å². The Labute approximate surface area is 229 Å². The average molecular weight is 550 g/mol. The standard InChI is InChI=1S/C29H25ClFN3O5/c30-24-13-21(11-12-25(24)31)14-33-28(36)22-15-32-26(29(37)34-39-18-20-9-5-2-6-10-20)27(23(22)16-35)38-17-19-7-3-1-4-8-19/h1-13,15,35H,14,16-18H2,(H,33,36)(H,34,37). The molecule has 0 atom stereocenters. The molecule has 0 saturated heterocycles. The fourth-order valence-electron chi connectivity index (χ4n) is 3.67. The molecule has 3 N–H and O–H groups in total.